The third kappa shape index (κ3) is 7.36. The van der Waals surface area contributed by atoms with Gasteiger partial charge < -0.3 is 20.9 Å². The van der Waals surface area contributed by atoms with Gasteiger partial charge >= 0.3 is 12.1 Å². The summed E-state index contributed by atoms with van der Waals surface area (Å²) < 4.78 is 5.08. The topological polar surface area (TPSA) is 114 Å². The average Bonchev–Trinajstić information content (AvgIpc) is 2.46. The molecule has 1 amide bonds. The van der Waals surface area contributed by atoms with Crippen LogP contribution in [0, 0.1) is 0 Å². The minimum Gasteiger partial charge on any atom is -0.480 e. The van der Waals surface area contributed by atoms with Crippen LogP contribution < -0.4 is 11.1 Å². The molecular weight excluding hydrogens is 330 g/mol. The lowest BCUT2D eigenvalue weighted by Crippen LogP contribution is -2.44. The fraction of sp³-hybridized carbons (Fsp3) is 0.438. The first-order chi connectivity index (χ1) is 11.1. The zero-order valence-electron chi connectivity index (χ0n) is 14.2. The van der Waals surface area contributed by atoms with Crippen LogP contribution in [0.15, 0.2) is 29.3 Å². The Morgan fingerprint density at radius 3 is 2.38 bits per heavy atom. The van der Waals surface area contributed by atoms with Crippen molar-refractivity contribution in [2.45, 2.75) is 38.8 Å². The summed E-state index contributed by atoms with van der Waals surface area (Å²) in [7, 11) is 0. The highest BCUT2D eigenvalue weighted by molar-refractivity contribution is 8.13. The fourth-order valence-corrected chi connectivity index (χ4v) is 1.96. The molecule has 0 bridgehead atoms. The third-order valence-corrected chi connectivity index (χ3v) is 3.32. The number of nitrogens with two attached hydrogens (primary N) is 1. The Morgan fingerprint density at radius 2 is 1.92 bits per heavy atom. The number of benzene rings is 1. The number of ether oxygens (including phenoxy) is 1. The Bertz CT molecular complexity index is 609. The molecule has 0 fully saturated rings. The molecule has 0 spiro atoms. The predicted molar refractivity (Wildman–Crippen MR) is 95.7 cm³/mol. The van der Waals surface area contributed by atoms with E-state index in [4.69, 9.17) is 10.5 Å². The molecule has 1 atom stereocenters. The maximum absolute atomic E-state index is 11.7. The van der Waals surface area contributed by atoms with E-state index in [1.807, 2.05) is 6.26 Å². The Morgan fingerprint density at radius 1 is 1.33 bits per heavy atom. The van der Waals surface area contributed by atoms with Gasteiger partial charge in [-0.25, -0.2) is 14.6 Å². The van der Waals surface area contributed by atoms with Gasteiger partial charge in [0.25, 0.3) is 0 Å². The van der Waals surface area contributed by atoms with Crippen LogP contribution in [0.3, 0.4) is 0 Å². The molecule has 0 aliphatic carbocycles. The van der Waals surface area contributed by atoms with E-state index in [0.29, 0.717) is 10.9 Å². The first-order valence-electron chi connectivity index (χ1n) is 7.30. The number of carboxylic acids is 1. The molecular formula is C16H23N3O4S. The van der Waals surface area contributed by atoms with Crippen LogP contribution >= 0.6 is 11.8 Å². The zero-order valence-corrected chi connectivity index (χ0v) is 15.0. The number of nitrogens with one attached hydrogen (secondary N) is 1. The number of aliphatic carboxylic acids is 1. The number of aliphatic imine (C=N–C) groups is 1. The molecule has 0 aliphatic rings. The molecule has 7 nitrogen and oxygen atoms in total. The molecule has 0 aliphatic heterocycles. The van der Waals surface area contributed by atoms with Crippen LogP contribution in [-0.4, -0.2) is 40.2 Å². The molecule has 1 aromatic rings. The van der Waals surface area contributed by atoms with E-state index in [2.05, 4.69) is 10.3 Å². The van der Waals surface area contributed by atoms with E-state index < -0.39 is 23.7 Å². The van der Waals surface area contributed by atoms with Gasteiger partial charge in [-0.3, -0.25) is 0 Å². The van der Waals surface area contributed by atoms with Gasteiger partial charge in [0.05, 0.1) is 5.69 Å². The largest absolute Gasteiger partial charge is 0.480 e. The van der Waals surface area contributed by atoms with E-state index in [-0.39, 0.29) is 6.42 Å². The number of carboxylic acid groups (broad SMARTS) is 1. The fourth-order valence-electron chi connectivity index (χ4n) is 1.77. The second-order valence-corrected chi connectivity index (χ2v) is 6.89. The van der Waals surface area contributed by atoms with Crippen molar-refractivity contribution in [3.05, 3.63) is 29.8 Å². The average molecular weight is 353 g/mol. The van der Waals surface area contributed by atoms with Crippen LogP contribution in [0.25, 0.3) is 0 Å². The summed E-state index contributed by atoms with van der Waals surface area (Å²) in [4.78, 5) is 27.3. The Balaban J connectivity index is 2.75. The van der Waals surface area contributed by atoms with Crippen molar-refractivity contribution >= 4 is 34.7 Å². The van der Waals surface area contributed by atoms with Crippen LogP contribution in [0.2, 0.25) is 0 Å². The van der Waals surface area contributed by atoms with E-state index in [1.54, 1.807) is 45.0 Å². The van der Waals surface area contributed by atoms with Crippen molar-refractivity contribution in [1.82, 2.24) is 5.32 Å². The summed E-state index contributed by atoms with van der Waals surface area (Å²) in [6.45, 7) is 5.13. The molecule has 1 aromatic carbocycles. The number of alkyl carbamates (subject to hydrolysis) is 1. The number of hydrogen-bond donors (Lipinski definition) is 3. The number of thioether (sulfide) groups is 1. The molecule has 24 heavy (non-hydrogen) atoms. The minimum absolute atomic E-state index is 0.135. The first-order valence-corrected chi connectivity index (χ1v) is 8.52. The maximum Gasteiger partial charge on any atom is 0.408 e. The van der Waals surface area contributed by atoms with Gasteiger partial charge in [0.2, 0.25) is 0 Å². The van der Waals surface area contributed by atoms with Gasteiger partial charge in [-0.2, -0.15) is 0 Å². The molecule has 0 saturated heterocycles. The molecule has 0 radical (unpaired) electrons. The number of amides is 1. The first kappa shape index (κ1) is 19.8. The molecule has 0 heterocycles. The highest BCUT2D eigenvalue weighted by atomic mass is 32.2. The molecule has 8 heteroatoms. The lowest BCUT2D eigenvalue weighted by atomic mass is 10.1. The van der Waals surface area contributed by atoms with Crippen molar-refractivity contribution in [3.63, 3.8) is 0 Å². The molecule has 1 unspecified atom stereocenters. The quantitative estimate of drug-likeness (QED) is 0.553. The highest BCUT2D eigenvalue weighted by Crippen LogP contribution is 2.16. The number of amidine groups is 1. The van der Waals surface area contributed by atoms with E-state index in [1.165, 1.54) is 11.8 Å². The van der Waals surface area contributed by atoms with Crippen molar-refractivity contribution in [3.8, 4) is 0 Å². The molecule has 4 N–H and O–H groups in total. The normalized spacial score (nSPS) is 13.2. The van der Waals surface area contributed by atoms with Gasteiger partial charge in [-0.1, -0.05) is 23.9 Å². The van der Waals surface area contributed by atoms with Gasteiger partial charge in [-0.05, 0) is 44.7 Å². The van der Waals surface area contributed by atoms with E-state index >= 15 is 0 Å². The standard InChI is InChI=1S/C16H23N3O4S/c1-16(2,3)23-15(22)19-12(13(20)21)9-10-5-7-11(8-6-10)18-14(17)24-4/h5-8,12H,9H2,1-4H3,(H2,17,18)(H,19,22)(H,20,21). The highest BCUT2D eigenvalue weighted by Gasteiger charge is 2.24. The lowest BCUT2D eigenvalue weighted by Gasteiger charge is -2.22. The Hall–Kier alpha value is -2.22. The van der Waals surface area contributed by atoms with Crippen LogP contribution in [0.5, 0.6) is 0 Å². The number of carbonyl (C=O) groups is 2. The maximum atomic E-state index is 11.7. The van der Waals surface area contributed by atoms with Gasteiger partial charge in [0, 0.05) is 6.42 Å². The van der Waals surface area contributed by atoms with Crippen molar-refractivity contribution < 1.29 is 19.4 Å². The van der Waals surface area contributed by atoms with Crippen LogP contribution in [-0.2, 0) is 16.0 Å². The monoisotopic (exact) mass is 353 g/mol. The summed E-state index contributed by atoms with van der Waals surface area (Å²) >= 11 is 1.34. The second kappa shape index (κ2) is 8.58. The van der Waals surface area contributed by atoms with E-state index in [0.717, 1.165) is 5.56 Å². The lowest BCUT2D eigenvalue weighted by molar-refractivity contribution is -0.139. The Kier molecular flexibility index (Phi) is 7.09. The molecule has 0 saturated carbocycles. The number of rotatable bonds is 5. The van der Waals surface area contributed by atoms with Crippen molar-refractivity contribution in [2.75, 3.05) is 6.26 Å². The van der Waals surface area contributed by atoms with Crippen molar-refractivity contribution in [1.29, 1.82) is 0 Å². The van der Waals surface area contributed by atoms with Crippen LogP contribution in [0.4, 0.5) is 10.5 Å². The number of carbonyl (C=O) groups excluding carboxylic acids is 1. The smallest absolute Gasteiger partial charge is 0.408 e. The summed E-state index contributed by atoms with van der Waals surface area (Å²) in [5.74, 6) is -1.13. The van der Waals surface area contributed by atoms with Crippen molar-refractivity contribution in [2.24, 2.45) is 10.7 Å². The van der Waals surface area contributed by atoms with Gasteiger partial charge in [0.15, 0.2) is 5.17 Å². The molecule has 0 aromatic heterocycles. The molecule has 132 valence electrons. The number of nitrogens with zero attached hydrogens (tertiary/aromatic N) is 1. The summed E-state index contributed by atoms with van der Waals surface area (Å²) in [5.41, 5.74) is 6.38. The molecule has 1 rings (SSSR count). The second-order valence-electron chi connectivity index (χ2n) is 6.06. The van der Waals surface area contributed by atoms with Gasteiger partial charge in [0.1, 0.15) is 11.6 Å². The summed E-state index contributed by atoms with van der Waals surface area (Å²) in [6.07, 6.45) is 1.20. The zero-order chi connectivity index (χ0) is 18.3. The van der Waals surface area contributed by atoms with E-state index in [9.17, 15) is 14.7 Å². The summed E-state index contributed by atoms with van der Waals surface area (Å²) in [5, 5.41) is 12.1. The minimum atomic E-state index is -1.13. The predicted octanol–water partition coefficient (Wildman–Crippen LogP) is 2.52. The third-order valence-electron chi connectivity index (χ3n) is 2.81. The van der Waals surface area contributed by atoms with Crippen LogP contribution in [0.1, 0.15) is 26.3 Å². The Labute approximate surface area is 145 Å². The number of hydrogen-bond acceptors (Lipinski definition) is 5. The van der Waals surface area contributed by atoms with Gasteiger partial charge in [-0.15, -0.1) is 0 Å². The summed E-state index contributed by atoms with van der Waals surface area (Å²) in [6, 6.07) is 5.90. The SMILES string of the molecule is CSC(N)=Nc1ccc(CC(NC(=O)OC(C)(C)C)C(=O)O)cc1.